The second kappa shape index (κ2) is 8.71. The van der Waals surface area contributed by atoms with Gasteiger partial charge in [0.15, 0.2) is 0 Å². The Kier molecular flexibility index (Phi) is 6.30. The molecule has 29 heavy (non-hydrogen) atoms. The second-order valence-corrected chi connectivity index (χ2v) is 8.68. The molecule has 1 N–H and O–H groups in total. The standard InChI is InChI=1S/C22H25N3O3S/c1-4-25(5-2)29(27,28)19-13-10-17(11-14-19)16(3)23-22(26)21-15-12-18-8-6-7-9-20(18)24-21/h6-16H,4-5H2,1-3H3,(H,23,26)/t16-/m1/s1. The lowest BCUT2D eigenvalue weighted by Gasteiger charge is -2.19. The van der Waals surface area contributed by atoms with Gasteiger partial charge in [-0.1, -0.05) is 50.2 Å². The second-order valence-electron chi connectivity index (χ2n) is 6.74. The molecule has 0 aliphatic heterocycles. The topological polar surface area (TPSA) is 79.4 Å². The molecule has 6 nitrogen and oxygen atoms in total. The molecule has 0 saturated heterocycles. The number of carbonyl (C=O) groups is 1. The summed E-state index contributed by atoms with van der Waals surface area (Å²) in [6.07, 6.45) is 0. The summed E-state index contributed by atoms with van der Waals surface area (Å²) in [5.74, 6) is -0.275. The number of hydrogen-bond donors (Lipinski definition) is 1. The molecular weight excluding hydrogens is 386 g/mol. The predicted molar refractivity (Wildman–Crippen MR) is 114 cm³/mol. The van der Waals surface area contributed by atoms with E-state index in [9.17, 15) is 13.2 Å². The molecule has 0 unspecified atom stereocenters. The van der Waals surface area contributed by atoms with E-state index in [1.807, 2.05) is 51.1 Å². The van der Waals surface area contributed by atoms with Crippen molar-refractivity contribution in [2.45, 2.75) is 31.7 Å². The Morgan fingerprint density at radius 2 is 1.66 bits per heavy atom. The number of nitrogens with zero attached hydrogens (tertiary/aromatic N) is 2. The molecule has 1 atom stereocenters. The summed E-state index contributed by atoms with van der Waals surface area (Å²) < 4.78 is 26.6. The Morgan fingerprint density at radius 3 is 2.31 bits per heavy atom. The van der Waals surface area contributed by atoms with E-state index in [2.05, 4.69) is 10.3 Å². The molecule has 3 rings (SSSR count). The van der Waals surface area contributed by atoms with E-state index in [1.54, 1.807) is 30.3 Å². The first-order chi connectivity index (χ1) is 13.9. The molecule has 0 spiro atoms. The summed E-state index contributed by atoms with van der Waals surface area (Å²) in [5, 5.41) is 3.89. The number of hydrogen-bond acceptors (Lipinski definition) is 4. The van der Waals surface area contributed by atoms with Crippen LogP contribution >= 0.6 is 0 Å². The molecule has 7 heteroatoms. The third kappa shape index (κ3) is 4.46. The molecule has 1 aromatic heterocycles. The van der Waals surface area contributed by atoms with Crippen molar-refractivity contribution in [2.75, 3.05) is 13.1 Å². The number of rotatable bonds is 7. The van der Waals surface area contributed by atoms with Gasteiger partial charge in [0, 0.05) is 18.5 Å². The molecule has 0 bridgehead atoms. The Bertz CT molecular complexity index is 1110. The van der Waals surface area contributed by atoms with Crippen LogP contribution in [0.1, 0.15) is 42.9 Å². The average Bonchev–Trinajstić information content (AvgIpc) is 2.74. The van der Waals surface area contributed by atoms with Gasteiger partial charge in [0.25, 0.3) is 5.91 Å². The van der Waals surface area contributed by atoms with Crippen LogP contribution in [0.15, 0.2) is 65.6 Å². The van der Waals surface area contributed by atoms with Crippen molar-refractivity contribution in [3.05, 3.63) is 71.9 Å². The number of amides is 1. The smallest absolute Gasteiger partial charge is 0.270 e. The number of nitrogens with one attached hydrogen (secondary N) is 1. The lowest BCUT2D eigenvalue weighted by Crippen LogP contribution is -2.30. The highest BCUT2D eigenvalue weighted by Crippen LogP contribution is 2.20. The molecule has 0 saturated carbocycles. The molecule has 0 fully saturated rings. The molecule has 152 valence electrons. The number of fused-ring (bicyclic) bond motifs is 1. The summed E-state index contributed by atoms with van der Waals surface area (Å²) in [6.45, 7) is 6.33. The molecule has 0 aliphatic carbocycles. The number of para-hydroxylation sites is 1. The van der Waals surface area contributed by atoms with Gasteiger partial charge < -0.3 is 5.32 Å². The van der Waals surface area contributed by atoms with Crippen molar-refractivity contribution in [3.63, 3.8) is 0 Å². The first-order valence-electron chi connectivity index (χ1n) is 9.63. The molecular formula is C22H25N3O3S. The highest BCUT2D eigenvalue weighted by atomic mass is 32.2. The van der Waals surface area contributed by atoms with E-state index >= 15 is 0 Å². The Hall–Kier alpha value is -2.77. The van der Waals surface area contributed by atoms with Gasteiger partial charge in [0.1, 0.15) is 5.69 Å². The maximum Gasteiger partial charge on any atom is 0.270 e. The lowest BCUT2D eigenvalue weighted by molar-refractivity contribution is 0.0935. The minimum atomic E-state index is -3.49. The van der Waals surface area contributed by atoms with Crippen LogP contribution in [-0.2, 0) is 10.0 Å². The van der Waals surface area contributed by atoms with Crippen LogP contribution in [0.3, 0.4) is 0 Å². The zero-order chi connectivity index (χ0) is 21.0. The summed E-state index contributed by atoms with van der Waals surface area (Å²) in [7, 11) is -3.49. The van der Waals surface area contributed by atoms with Crippen LogP contribution in [0, 0.1) is 0 Å². The largest absolute Gasteiger partial charge is 0.344 e. The number of carbonyl (C=O) groups excluding carboxylic acids is 1. The van der Waals surface area contributed by atoms with E-state index in [0.717, 1.165) is 16.5 Å². The highest BCUT2D eigenvalue weighted by molar-refractivity contribution is 7.89. The van der Waals surface area contributed by atoms with E-state index < -0.39 is 10.0 Å². The third-order valence-electron chi connectivity index (χ3n) is 4.90. The van der Waals surface area contributed by atoms with Crippen LogP contribution in [0.2, 0.25) is 0 Å². The molecule has 0 aliphatic rings. The molecule has 1 heterocycles. The fourth-order valence-corrected chi connectivity index (χ4v) is 4.65. The Labute approximate surface area is 171 Å². The summed E-state index contributed by atoms with van der Waals surface area (Å²) in [5.41, 5.74) is 1.92. The van der Waals surface area contributed by atoms with Crippen molar-refractivity contribution < 1.29 is 13.2 Å². The van der Waals surface area contributed by atoms with Gasteiger partial charge in [-0.15, -0.1) is 0 Å². The average molecular weight is 412 g/mol. The number of sulfonamides is 1. The van der Waals surface area contributed by atoms with Crippen LogP contribution in [-0.4, -0.2) is 36.7 Å². The fourth-order valence-electron chi connectivity index (χ4n) is 3.19. The highest BCUT2D eigenvalue weighted by Gasteiger charge is 2.22. The van der Waals surface area contributed by atoms with E-state index in [4.69, 9.17) is 0 Å². The van der Waals surface area contributed by atoms with Crippen LogP contribution in [0.25, 0.3) is 10.9 Å². The van der Waals surface area contributed by atoms with Gasteiger partial charge in [-0.25, -0.2) is 13.4 Å². The zero-order valence-electron chi connectivity index (χ0n) is 16.8. The normalized spacial score (nSPS) is 12.8. The van der Waals surface area contributed by atoms with E-state index in [0.29, 0.717) is 18.8 Å². The third-order valence-corrected chi connectivity index (χ3v) is 6.97. The van der Waals surface area contributed by atoms with Crippen LogP contribution in [0.4, 0.5) is 0 Å². The van der Waals surface area contributed by atoms with Crippen LogP contribution in [0.5, 0.6) is 0 Å². The first-order valence-corrected chi connectivity index (χ1v) is 11.1. The Morgan fingerprint density at radius 1 is 1.00 bits per heavy atom. The zero-order valence-corrected chi connectivity index (χ0v) is 17.6. The summed E-state index contributed by atoms with van der Waals surface area (Å²) >= 11 is 0. The van der Waals surface area contributed by atoms with Gasteiger partial charge in [0.05, 0.1) is 16.5 Å². The SMILES string of the molecule is CCN(CC)S(=O)(=O)c1ccc([C@@H](C)NC(=O)c2ccc3ccccc3n2)cc1. The quantitative estimate of drug-likeness (QED) is 0.642. The van der Waals surface area contributed by atoms with Gasteiger partial charge in [-0.2, -0.15) is 4.31 Å². The van der Waals surface area contributed by atoms with E-state index in [-0.39, 0.29) is 16.8 Å². The number of pyridine rings is 1. The first kappa shape index (κ1) is 21.0. The maximum atomic E-state index is 12.6. The van der Waals surface area contributed by atoms with Crippen molar-refractivity contribution in [3.8, 4) is 0 Å². The van der Waals surface area contributed by atoms with Crippen molar-refractivity contribution >= 4 is 26.8 Å². The van der Waals surface area contributed by atoms with Gasteiger partial charge in [-0.05, 0) is 36.8 Å². The van der Waals surface area contributed by atoms with Gasteiger partial charge in [-0.3, -0.25) is 4.79 Å². The van der Waals surface area contributed by atoms with Gasteiger partial charge in [0.2, 0.25) is 10.0 Å². The number of aromatic nitrogens is 1. The Balaban J connectivity index is 1.74. The van der Waals surface area contributed by atoms with Crippen LogP contribution < -0.4 is 5.32 Å². The molecule has 0 radical (unpaired) electrons. The monoisotopic (exact) mass is 411 g/mol. The van der Waals surface area contributed by atoms with Gasteiger partial charge >= 0.3 is 0 Å². The van der Waals surface area contributed by atoms with Crippen molar-refractivity contribution in [1.29, 1.82) is 0 Å². The van der Waals surface area contributed by atoms with Crippen molar-refractivity contribution in [2.24, 2.45) is 0 Å². The molecule has 1 amide bonds. The van der Waals surface area contributed by atoms with Crippen molar-refractivity contribution in [1.82, 2.24) is 14.6 Å². The predicted octanol–water partition coefficient (Wildman–Crippen LogP) is 3.76. The minimum absolute atomic E-state index is 0.250. The summed E-state index contributed by atoms with van der Waals surface area (Å²) in [6, 6.07) is 17.5. The minimum Gasteiger partial charge on any atom is -0.344 e. The summed E-state index contributed by atoms with van der Waals surface area (Å²) in [4.78, 5) is 17.2. The maximum absolute atomic E-state index is 12.6. The van der Waals surface area contributed by atoms with E-state index in [1.165, 1.54) is 4.31 Å². The molecule has 3 aromatic rings. The number of benzene rings is 2. The molecule has 2 aromatic carbocycles. The fraction of sp³-hybridized carbons (Fsp3) is 0.273. The lowest BCUT2D eigenvalue weighted by atomic mass is 10.1.